The molecule has 0 aliphatic heterocycles. The average molecular weight is 451 g/mol. The number of rotatable bonds is 5. The van der Waals surface area contributed by atoms with Crippen LogP contribution >= 0.6 is 23.8 Å². The fraction of sp³-hybridized carbons (Fsp3) is 0.0870. The zero-order valence-electron chi connectivity index (χ0n) is 16.6. The Kier molecular flexibility index (Phi) is 6.16. The summed E-state index contributed by atoms with van der Waals surface area (Å²) in [7, 11) is 0. The van der Waals surface area contributed by atoms with Crippen molar-refractivity contribution in [2.24, 2.45) is 0 Å². The molecule has 2 heterocycles. The Hall–Kier alpha value is -3.42. The average Bonchev–Trinajstić information content (AvgIpc) is 3.20. The van der Waals surface area contributed by atoms with Gasteiger partial charge in [-0.1, -0.05) is 29.8 Å². The molecule has 0 saturated carbocycles. The molecule has 4 rings (SSSR count). The number of nitrogens with one attached hydrogen (secondary N) is 2. The summed E-state index contributed by atoms with van der Waals surface area (Å²) in [5.74, 6) is 0.177. The molecule has 0 radical (unpaired) electrons. The number of thiocarbonyl (C=S) groups is 1. The quantitative estimate of drug-likeness (QED) is 0.410. The Labute approximate surface area is 189 Å². The highest BCUT2D eigenvalue weighted by molar-refractivity contribution is 7.80. The van der Waals surface area contributed by atoms with Crippen molar-refractivity contribution in [3.05, 3.63) is 83.6 Å². The van der Waals surface area contributed by atoms with E-state index < -0.39 is 0 Å². The summed E-state index contributed by atoms with van der Waals surface area (Å²) in [6, 6.07) is 18.4. The van der Waals surface area contributed by atoms with E-state index in [1.54, 1.807) is 18.2 Å². The maximum Gasteiger partial charge on any atom is 0.257 e. The minimum atomic E-state index is -0.358. The highest BCUT2D eigenvalue weighted by Crippen LogP contribution is 2.25. The molecule has 31 heavy (non-hydrogen) atoms. The van der Waals surface area contributed by atoms with Crippen LogP contribution in [0.25, 0.3) is 16.9 Å². The van der Waals surface area contributed by atoms with E-state index >= 15 is 0 Å². The van der Waals surface area contributed by atoms with Crippen molar-refractivity contribution in [2.45, 2.75) is 6.92 Å². The highest BCUT2D eigenvalue weighted by Gasteiger charge is 2.11. The van der Waals surface area contributed by atoms with Gasteiger partial charge < -0.3 is 14.5 Å². The van der Waals surface area contributed by atoms with Gasteiger partial charge >= 0.3 is 0 Å². The maximum atomic E-state index is 12.4. The van der Waals surface area contributed by atoms with Crippen LogP contribution in [-0.4, -0.2) is 27.0 Å². The smallest absolute Gasteiger partial charge is 0.257 e. The van der Waals surface area contributed by atoms with E-state index in [-0.39, 0.29) is 11.0 Å². The van der Waals surface area contributed by atoms with Gasteiger partial charge in [0.05, 0.1) is 17.3 Å². The Morgan fingerprint density at radius 1 is 1.16 bits per heavy atom. The Balaban J connectivity index is 1.39. The molecule has 0 atom stereocenters. The second kappa shape index (κ2) is 9.16. The Morgan fingerprint density at radius 2 is 1.97 bits per heavy atom. The van der Waals surface area contributed by atoms with E-state index in [2.05, 4.69) is 15.6 Å². The second-order valence-corrected chi connectivity index (χ2v) is 7.47. The molecule has 2 aromatic heterocycles. The molecular weight excluding hydrogens is 432 g/mol. The van der Waals surface area contributed by atoms with E-state index in [0.717, 1.165) is 22.6 Å². The van der Waals surface area contributed by atoms with Crippen molar-refractivity contribution < 1.29 is 9.53 Å². The molecule has 2 N–H and O–H groups in total. The van der Waals surface area contributed by atoms with Crippen molar-refractivity contribution in [3.8, 4) is 17.0 Å². The number of halogens is 1. The lowest BCUT2D eigenvalue weighted by Gasteiger charge is -2.11. The van der Waals surface area contributed by atoms with Crippen molar-refractivity contribution in [2.75, 3.05) is 11.9 Å². The van der Waals surface area contributed by atoms with Crippen molar-refractivity contribution in [1.82, 2.24) is 14.7 Å². The molecule has 4 aromatic rings. The molecule has 0 aliphatic carbocycles. The van der Waals surface area contributed by atoms with Crippen LogP contribution in [-0.2, 0) is 0 Å². The lowest BCUT2D eigenvalue weighted by atomic mass is 10.1. The molecule has 0 fully saturated rings. The summed E-state index contributed by atoms with van der Waals surface area (Å²) >= 11 is 11.4. The molecule has 0 aliphatic rings. The zero-order valence-corrected chi connectivity index (χ0v) is 18.2. The molecule has 0 unspecified atom stereocenters. The first-order valence-corrected chi connectivity index (χ1v) is 10.4. The van der Waals surface area contributed by atoms with Crippen molar-refractivity contribution in [1.29, 1.82) is 0 Å². The van der Waals surface area contributed by atoms with Gasteiger partial charge in [0.25, 0.3) is 5.91 Å². The van der Waals surface area contributed by atoms with Gasteiger partial charge in [0, 0.05) is 29.2 Å². The monoisotopic (exact) mass is 450 g/mol. The molecule has 6 nitrogen and oxygen atoms in total. The van der Waals surface area contributed by atoms with E-state index in [1.165, 1.54) is 0 Å². The molecule has 8 heteroatoms. The summed E-state index contributed by atoms with van der Waals surface area (Å²) < 4.78 is 7.35. The predicted molar refractivity (Wildman–Crippen MR) is 127 cm³/mol. The third-order valence-electron chi connectivity index (χ3n) is 4.52. The maximum absolute atomic E-state index is 12.4. The third kappa shape index (κ3) is 4.84. The summed E-state index contributed by atoms with van der Waals surface area (Å²) in [5.41, 5.74) is 3.88. The minimum Gasteiger partial charge on any atom is -0.492 e. The van der Waals surface area contributed by atoms with Gasteiger partial charge in [-0.2, -0.15) is 0 Å². The van der Waals surface area contributed by atoms with Crippen LogP contribution in [0.3, 0.4) is 0 Å². The van der Waals surface area contributed by atoms with Gasteiger partial charge in [-0.05, 0) is 61.6 Å². The zero-order chi connectivity index (χ0) is 21.8. The number of hydrogen-bond acceptors (Lipinski definition) is 4. The standard InChI is InChI=1S/C23H19ClN4O2S/c1-2-30-20-11-8-16(13-18(20)24)22(29)27-23(31)25-17-9-6-15(7-10-17)19-14-28-12-4-3-5-21(28)26-19/h3-14H,2H2,1H3,(H2,25,27,29,31). The van der Waals surface area contributed by atoms with Crippen LogP contribution in [0.2, 0.25) is 5.02 Å². The van der Waals surface area contributed by atoms with E-state index in [4.69, 9.17) is 28.6 Å². The highest BCUT2D eigenvalue weighted by atomic mass is 35.5. The van der Waals surface area contributed by atoms with E-state index in [0.29, 0.717) is 22.9 Å². The number of carbonyl (C=O) groups excluding carboxylic acids is 1. The fourth-order valence-electron chi connectivity index (χ4n) is 3.05. The van der Waals surface area contributed by atoms with Crippen LogP contribution in [0.5, 0.6) is 5.75 Å². The number of hydrogen-bond donors (Lipinski definition) is 2. The first-order valence-electron chi connectivity index (χ1n) is 9.62. The van der Waals surface area contributed by atoms with E-state index in [1.807, 2.05) is 66.2 Å². The van der Waals surface area contributed by atoms with Gasteiger partial charge in [-0.25, -0.2) is 4.98 Å². The number of imidazole rings is 1. The summed E-state index contributed by atoms with van der Waals surface area (Å²) in [6.45, 7) is 2.36. The van der Waals surface area contributed by atoms with Crippen LogP contribution in [0.1, 0.15) is 17.3 Å². The van der Waals surface area contributed by atoms with Gasteiger partial charge in [-0.3, -0.25) is 10.1 Å². The Morgan fingerprint density at radius 3 is 2.68 bits per heavy atom. The molecule has 2 aromatic carbocycles. The van der Waals surface area contributed by atoms with Crippen LogP contribution in [0.4, 0.5) is 5.69 Å². The molecular formula is C23H19ClN4O2S. The molecule has 0 spiro atoms. The lowest BCUT2D eigenvalue weighted by Crippen LogP contribution is -2.34. The molecule has 156 valence electrons. The number of nitrogens with zero attached hydrogens (tertiary/aromatic N) is 2. The first kappa shape index (κ1) is 20.8. The predicted octanol–water partition coefficient (Wildman–Crippen LogP) is 5.18. The second-order valence-electron chi connectivity index (χ2n) is 6.66. The summed E-state index contributed by atoms with van der Waals surface area (Å²) in [6.07, 6.45) is 3.94. The van der Waals surface area contributed by atoms with Crippen LogP contribution < -0.4 is 15.4 Å². The Bertz CT molecular complexity index is 1220. The number of carbonyl (C=O) groups is 1. The number of anilines is 1. The molecule has 0 bridgehead atoms. The van der Waals surface area contributed by atoms with Crippen molar-refractivity contribution in [3.63, 3.8) is 0 Å². The SMILES string of the molecule is CCOc1ccc(C(=O)NC(=S)Nc2ccc(-c3cn4ccccc4n3)cc2)cc1Cl. The third-order valence-corrected chi connectivity index (χ3v) is 5.02. The molecule has 0 saturated heterocycles. The van der Waals surface area contributed by atoms with Gasteiger partial charge in [0.15, 0.2) is 5.11 Å². The number of amides is 1. The number of aromatic nitrogens is 2. The van der Waals surface area contributed by atoms with Gasteiger partial charge in [0.1, 0.15) is 11.4 Å². The number of benzene rings is 2. The minimum absolute atomic E-state index is 0.190. The number of fused-ring (bicyclic) bond motifs is 1. The summed E-state index contributed by atoms with van der Waals surface area (Å²) in [5, 5.41) is 6.23. The lowest BCUT2D eigenvalue weighted by molar-refractivity contribution is 0.0977. The number of ether oxygens (including phenoxy) is 1. The van der Waals surface area contributed by atoms with Crippen LogP contribution in [0, 0.1) is 0 Å². The van der Waals surface area contributed by atoms with Crippen LogP contribution in [0.15, 0.2) is 73.1 Å². The fourth-order valence-corrected chi connectivity index (χ4v) is 3.50. The largest absolute Gasteiger partial charge is 0.492 e. The van der Waals surface area contributed by atoms with Gasteiger partial charge in [-0.15, -0.1) is 0 Å². The van der Waals surface area contributed by atoms with E-state index in [9.17, 15) is 4.79 Å². The van der Waals surface area contributed by atoms with Gasteiger partial charge in [0.2, 0.25) is 0 Å². The summed E-state index contributed by atoms with van der Waals surface area (Å²) in [4.78, 5) is 17.1. The topological polar surface area (TPSA) is 67.7 Å². The normalized spacial score (nSPS) is 10.6. The first-order chi connectivity index (χ1) is 15.0. The molecule has 1 amide bonds. The number of pyridine rings is 1. The van der Waals surface area contributed by atoms with Crippen molar-refractivity contribution >= 4 is 46.2 Å².